The van der Waals surface area contributed by atoms with Gasteiger partial charge in [0.05, 0.1) is 4.90 Å². The highest BCUT2D eigenvalue weighted by Gasteiger charge is 2.22. The molecule has 0 spiro atoms. The summed E-state index contributed by atoms with van der Waals surface area (Å²) in [6, 6.07) is 12.8. The van der Waals surface area contributed by atoms with Gasteiger partial charge in [-0.3, -0.25) is 4.72 Å². The Morgan fingerprint density at radius 3 is 2.63 bits per heavy atom. The lowest BCUT2D eigenvalue weighted by molar-refractivity contribution is 0.174. The molecule has 0 radical (unpaired) electrons. The van der Waals surface area contributed by atoms with Crippen molar-refractivity contribution in [3.8, 4) is 11.5 Å². The number of rotatable bonds is 5. The number of fused-ring (bicyclic) bond motifs is 1. The highest BCUT2D eigenvalue weighted by Crippen LogP contribution is 2.34. The van der Waals surface area contributed by atoms with E-state index in [2.05, 4.69) is 16.5 Å². The van der Waals surface area contributed by atoms with Crippen LogP contribution in [0.4, 0.5) is 11.4 Å². The van der Waals surface area contributed by atoms with E-state index < -0.39 is 10.0 Å². The Bertz CT molecular complexity index is 912. The van der Waals surface area contributed by atoms with Gasteiger partial charge in [0.15, 0.2) is 11.5 Å². The van der Waals surface area contributed by atoms with Crippen LogP contribution in [0.2, 0.25) is 0 Å². The highest BCUT2D eigenvalue weighted by molar-refractivity contribution is 7.92. The van der Waals surface area contributed by atoms with Crippen molar-refractivity contribution in [3.05, 3.63) is 42.5 Å². The topological polar surface area (TPSA) is 67.9 Å². The van der Waals surface area contributed by atoms with Crippen molar-refractivity contribution in [1.82, 2.24) is 0 Å². The molecule has 1 atom stereocenters. The van der Waals surface area contributed by atoms with Gasteiger partial charge in [-0.05, 0) is 62.1 Å². The van der Waals surface area contributed by atoms with Crippen molar-refractivity contribution in [3.63, 3.8) is 0 Å². The lowest BCUT2D eigenvalue weighted by Gasteiger charge is -2.37. The number of sulfonamides is 1. The first-order chi connectivity index (χ1) is 13.1. The third-order valence-corrected chi connectivity index (χ3v) is 6.58. The summed E-state index contributed by atoms with van der Waals surface area (Å²) in [5, 5.41) is 0. The summed E-state index contributed by atoms with van der Waals surface area (Å²) in [5.41, 5.74) is 1.69. The summed E-state index contributed by atoms with van der Waals surface area (Å²) in [6.07, 6.45) is 4.82. The van der Waals surface area contributed by atoms with E-state index in [4.69, 9.17) is 9.47 Å². The normalized spacial score (nSPS) is 19.1. The van der Waals surface area contributed by atoms with Gasteiger partial charge in [0.25, 0.3) is 10.0 Å². The second kappa shape index (κ2) is 7.31. The van der Waals surface area contributed by atoms with E-state index in [0.717, 1.165) is 18.7 Å². The maximum atomic E-state index is 12.7. The van der Waals surface area contributed by atoms with Crippen LogP contribution in [0, 0.1) is 0 Å². The molecule has 0 saturated carbocycles. The molecule has 2 aromatic carbocycles. The van der Waals surface area contributed by atoms with Gasteiger partial charge in [-0.2, -0.15) is 0 Å². The van der Waals surface area contributed by atoms with Crippen LogP contribution in [0.15, 0.2) is 47.4 Å². The van der Waals surface area contributed by atoms with Gasteiger partial charge < -0.3 is 14.4 Å². The minimum absolute atomic E-state index is 0.114. The van der Waals surface area contributed by atoms with Gasteiger partial charge in [-0.15, -0.1) is 0 Å². The summed E-state index contributed by atoms with van der Waals surface area (Å²) in [7, 11) is -3.69. The van der Waals surface area contributed by atoms with Crippen molar-refractivity contribution < 1.29 is 17.9 Å². The summed E-state index contributed by atoms with van der Waals surface area (Å²) in [6.45, 7) is 3.39. The molecule has 0 bridgehead atoms. The third-order valence-electron chi connectivity index (χ3n) is 5.20. The number of hydrogen-bond acceptors (Lipinski definition) is 5. The Hall–Kier alpha value is -2.41. The number of benzene rings is 2. The fraction of sp³-hybridized carbons (Fsp3) is 0.400. The molecule has 1 saturated heterocycles. The van der Waals surface area contributed by atoms with Crippen molar-refractivity contribution in [2.75, 3.05) is 23.0 Å². The Balaban J connectivity index is 1.51. The number of anilines is 2. The molecule has 0 amide bonds. The first-order valence-electron chi connectivity index (χ1n) is 9.36. The maximum Gasteiger partial charge on any atom is 0.262 e. The largest absolute Gasteiger partial charge is 0.454 e. The number of nitrogens with one attached hydrogen (secondary N) is 1. The molecule has 2 aliphatic heterocycles. The summed E-state index contributed by atoms with van der Waals surface area (Å²) in [4.78, 5) is 2.58. The Morgan fingerprint density at radius 2 is 1.85 bits per heavy atom. The predicted molar refractivity (Wildman–Crippen MR) is 105 cm³/mol. The van der Waals surface area contributed by atoms with Crippen molar-refractivity contribution in [2.24, 2.45) is 0 Å². The Kier molecular flexibility index (Phi) is 4.86. The van der Waals surface area contributed by atoms with E-state index in [9.17, 15) is 8.42 Å². The van der Waals surface area contributed by atoms with E-state index in [1.807, 2.05) is 24.3 Å². The average Bonchev–Trinajstić information content (AvgIpc) is 3.16. The van der Waals surface area contributed by atoms with E-state index in [1.54, 1.807) is 6.07 Å². The first kappa shape index (κ1) is 18.0. The second-order valence-corrected chi connectivity index (χ2v) is 8.60. The second-order valence-electron chi connectivity index (χ2n) is 6.92. The number of nitrogens with zero attached hydrogens (tertiary/aromatic N) is 1. The Labute approximate surface area is 160 Å². The molecule has 1 unspecified atom stereocenters. The van der Waals surface area contributed by atoms with Gasteiger partial charge >= 0.3 is 0 Å². The molecule has 144 valence electrons. The zero-order valence-corrected chi connectivity index (χ0v) is 16.2. The monoisotopic (exact) mass is 388 g/mol. The molecule has 1 N–H and O–H groups in total. The molecule has 2 aliphatic rings. The lowest BCUT2D eigenvalue weighted by Crippen LogP contribution is -2.39. The fourth-order valence-corrected chi connectivity index (χ4v) is 4.82. The molecular formula is C20H24N2O4S. The molecule has 4 rings (SSSR count). The van der Waals surface area contributed by atoms with Crippen LogP contribution in [0.25, 0.3) is 0 Å². The minimum Gasteiger partial charge on any atom is -0.454 e. The number of piperidine rings is 1. The highest BCUT2D eigenvalue weighted by atomic mass is 32.2. The molecule has 1 fully saturated rings. The van der Waals surface area contributed by atoms with Crippen LogP contribution >= 0.6 is 0 Å². The molecular weight excluding hydrogens is 364 g/mol. The van der Waals surface area contributed by atoms with Gasteiger partial charge in [0.2, 0.25) is 6.79 Å². The molecule has 2 aromatic rings. The maximum absolute atomic E-state index is 12.7. The van der Waals surface area contributed by atoms with Crippen LogP contribution in [-0.2, 0) is 10.0 Å². The van der Waals surface area contributed by atoms with Crippen molar-refractivity contribution in [2.45, 2.75) is 43.5 Å². The predicted octanol–water partition coefficient (Wildman–Crippen LogP) is 3.99. The zero-order valence-electron chi connectivity index (χ0n) is 15.3. The third kappa shape index (κ3) is 3.69. The number of hydrogen-bond donors (Lipinski definition) is 1. The molecule has 2 heterocycles. The minimum atomic E-state index is -3.69. The van der Waals surface area contributed by atoms with Crippen molar-refractivity contribution in [1.29, 1.82) is 0 Å². The summed E-state index contributed by atoms with van der Waals surface area (Å²) < 4.78 is 38.5. The van der Waals surface area contributed by atoms with Gasteiger partial charge in [-0.1, -0.05) is 6.92 Å². The van der Waals surface area contributed by atoms with Gasteiger partial charge in [0.1, 0.15) is 0 Å². The average molecular weight is 388 g/mol. The molecule has 27 heavy (non-hydrogen) atoms. The molecule has 6 nitrogen and oxygen atoms in total. The van der Waals surface area contributed by atoms with E-state index >= 15 is 0 Å². The molecule has 0 aliphatic carbocycles. The van der Waals surface area contributed by atoms with Crippen LogP contribution < -0.4 is 19.1 Å². The van der Waals surface area contributed by atoms with Crippen LogP contribution in [0.5, 0.6) is 11.5 Å². The van der Waals surface area contributed by atoms with E-state index in [-0.39, 0.29) is 11.7 Å². The van der Waals surface area contributed by atoms with E-state index in [1.165, 1.54) is 31.4 Å². The van der Waals surface area contributed by atoms with Crippen LogP contribution in [-0.4, -0.2) is 27.8 Å². The fourth-order valence-electron chi connectivity index (χ4n) is 3.74. The quantitative estimate of drug-likeness (QED) is 0.839. The lowest BCUT2D eigenvalue weighted by atomic mass is 9.99. The Morgan fingerprint density at radius 1 is 1.07 bits per heavy atom. The van der Waals surface area contributed by atoms with Crippen molar-refractivity contribution >= 4 is 21.4 Å². The first-order valence-corrected chi connectivity index (χ1v) is 10.8. The standard InChI is InChI=1S/C20H24N2O4S/c1-2-16-5-3-4-12-22(16)17-8-6-15(7-9-17)21-27(23,24)18-10-11-19-20(13-18)26-14-25-19/h6-11,13,16,21H,2-5,12,14H2,1H3. The van der Waals surface area contributed by atoms with Gasteiger partial charge in [-0.25, -0.2) is 8.42 Å². The summed E-state index contributed by atoms with van der Waals surface area (Å²) in [5.74, 6) is 1.01. The van der Waals surface area contributed by atoms with Gasteiger partial charge in [0, 0.05) is 30.0 Å². The molecule has 0 aromatic heterocycles. The van der Waals surface area contributed by atoms with E-state index in [0.29, 0.717) is 23.2 Å². The van der Waals surface area contributed by atoms with Crippen LogP contribution in [0.3, 0.4) is 0 Å². The SMILES string of the molecule is CCC1CCCCN1c1ccc(NS(=O)(=O)c2ccc3c(c2)OCO3)cc1. The zero-order chi connectivity index (χ0) is 18.9. The van der Waals surface area contributed by atoms with Crippen LogP contribution in [0.1, 0.15) is 32.6 Å². The summed E-state index contributed by atoms with van der Waals surface area (Å²) >= 11 is 0. The smallest absolute Gasteiger partial charge is 0.262 e. The molecule has 7 heteroatoms. The number of ether oxygens (including phenoxy) is 2.